The molecular formula is C26H39BrN2O6. The molecule has 1 N–H and O–H groups in total. The molecular weight excluding hydrogens is 516 g/mol. The molecule has 0 saturated carbocycles. The van der Waals surface area contributed by atoms with Crippen LogP contribution in [0.25, 0.3) is 0 Å². The Kier molecular flexibility index (Phi) is 9.57. The van der Waals surface area contributed by atoms with E-state index in [4.69, 9.17) is 9.47 Å². The molecule has 0 aromatic rings. The van der Waals surface area contributed by atoms with Crippen molar-refractivity contribution in [3.8, 4) is 0 Å². The van der Waals surface area contributed by atoms with E-state index in [1.165, 1.54) is 0 Å². The first-order valence-corrected chi connectivity index (χ1v) is 13.6. The van der Waals surface area contributed by atoms with Gasteiger partial charge in [-0.1, -0.05) is 41.4 Å². The SMILES string of the molecule is C=CCCOC(=O)[C@H]1[C@@H]2OC3(CC2Br)C(C(=O)N(CC=C)C(C)CCC)N(CCCCO)C(=O)[C@H]13. The second kappa shape index (κ2) is 12.0. The number of likely N-dealkylation sites (tertiary alicyclic amines) is 1. The molecule has 3 fully saturated rings. The van der Waals surface area contributed by atoms with Gasteiger partial charge in [0, 0.05) is 30.6 Å². The van der Waals surface area contributed by atoms with Crippen LogP contribution in [0.15, 0.2) is 25.3 Å². The van der Waals surface area contributed by atoms with Crippen LogP contribution >= 0.6 is 15.9 Å². The van der Waals surface area contributed by atoms with Gasteiger partial charge in [0.25, 0.3) is 0 Å². The Balaban J connectivity index is 2.00. The number of unbranched alkanes of at least 4 members (excludes halogenated alkanes) is 1. The molecule has 8 nitrogen and oxygen atoms in total. The lowest BCUT2D eigenvalue weighted by atomic mass is 9.70. The van der Waals surface area contributed by atoms with E-state index in [9.17, 15) is 19.5 Å². The lowest BCUT2D eigenvalue weighted by molar-refractivity contribution is -0.155. The molecule has 3 rings (SSSR count). The molecule has 0 radical (unpaired) electrons. The molecule has 2 amide bonds. The maximum atomic E-state index is 14.2. The summed E-state index contributed by atoms with van der Waals surface area (Å²) in [5, 5.41) is 9.30. The van der Waals surface area contributed by atoms with Crippen molar-refractivity contribution in [2.24, 2.45) is 11.8 Å². The van der Waals surface area contributed by atoms with Crippen molar-refractivity contribution in [2.45, 2.75) is 81.0 Å². The van der Waals surface area contributed by atoms with Crippen LogP contribution < -0.4 is 0 Å². The largest absolute Gasteiger partial charge is 0.465 e. The topological polar surface area (TPSA) is 96.4 Å². The van der Waals surface area contributed by atoms with Gasteiger partial charge in [-0.3, -0.25) is 14.4 Å². The van der Waals surface area contributed by atoms with E-state index < -0.39 is 35.6 Å². The molecule has 4 unspecified atom stereocenters. The number of carbonyl (C=O) groups is 3. The number of amides is 2. The highest BCUT2D eigenvalue weighted by atomic mass is 79.9. The minimum absolute atomic E-state index is 0.00560. The normalized spacial score (nSPS) is 31.8. The van der Waals surface area contributed by atoms with Crippen LogP contribution in [-0.4, -0.2) is 87.6 Å². The van der Waals surface area contributed by atoms with Crippen LogP contribution in [0.1, 0.15) is 52.4 Å². The summed E-state index contributed by atoms with van der Waals surface area (Å²) in [6.07, 6.45) is 6.63. The summed E-state index contributed by atoms with van der Waals surface area (Å²) in [5.74, 6) is -2.42. The lowest BCUT2D eigenvalue weighted by Gasteiger charge is -2.39. The lowest BCUT2D eigenvalue weighted by Crippen LogP contribution is -2.58. The second-order valence-electron chi connectivity index (χ2n) is 9.79. The van der Waals surface area contributed by atoms with E-state index in [1.54, 1.807) is 22.0 Å². The fourth-order valence-electron chi connectivity index (χ4n) is 6.01. The molecule has 196 valence electrons. The van der Waals surface area contributed by atoms with Gasteiger partial charge in [0.2, 0.25) is 11.8 Å². The Labute approximate surface area is 216 Å². The van der Waals surface area contributed by atoms with E-state index in [0.717, 1.165) is 12.8 Å². The third-order valence-corrected chi connectivity index (χ3v) is 8.36. The highest BCUT2D eigenvalue weighted by Crippen LogP contribution is 2.60. The Bertz CT molecular complexity index is 822. The predicted molar refractivity (Wildman–Crippen MR) is 136 cm³/mol. The first kappa shape index (κ1) is 27.9. The molecule has 35 heavy (non-hydrogen) atoms. The number of fused-ring (bicyclic) bond motifs is 1. The van der Waals surface area contributed by atoms with E-state index in [0.29, 0.717) is 38.8 Å². The van der Waals surface area contributed by atoms with Crippen molar-refractivity contribution in [1.82, 2.24) is 9.80 Å². The number of halogens is 1. The minimum Gasteiger partial charge on any atom is -0.465 e. The number of hydrogen-bond acceptors (Lipinski definition) is 6. The van der Waals surface area contributed by atoms with Crippen molar-refractivity contribution in [1.29, 1.82) is 0 Å². The zero-order valence-corrected chi connectivity index (χ0v) is 22.5. The van der Waals surface area contributed by atoms with Crippen LogP contribution in [-0.2, 0) is 23.9 Å². The number of esters is 1. The van der Waals surface area contributed by atoms with E-state index in [1.807, 2.05) is 6.92 Å². The van der Waals surface area contributed by atoms with Gasteiger partial charge in [-0.15, -0.1) is 13.2 Å². The van der Waals surface area contributed by atoms with Crippen molar-refractivity contribution in [2.75, 3.05) is 26.3 Å². The van der Waals surface area contributed by atoms with Crippen LogP contribution in [0.5, 0.6) is 0 Å². The van der Waals surface area contributed by atoms with Gasteiger partial charge in [0.1, 0.15) is 11.6 Å². The molecule has 1 spiro atoms. The van der Waals surface area contributed by atoms with E-state index in [2.05, 4.69) is 36.0 Å². The number of alkyl halides is 1. The van der Waals surface area contributed by atoms with Crippen molar-refractivity contribution < 1.29 is 29.0 Å². The summed E-state index contributed by atoms with van der Waals surface area (Å²) in [7, 11) is 0. The number of aliphatic hydroxyl groups excluding tert-OH is 1. The summed E-state index contributed by atoms with van der Waals surface area (Å²) in [6, 6.07) is -0.873. The predicted octanol–water partition coefficient (Wildman–Crippen LogP) is 2.83. The fraction of sp³-hybridized carbons (Fsp3) is 0.731. The van der Waals surface area contributed by atoms with Gasteiger partial charge in [0.05, 0.1) is 24.5 Å². The van der Waals surface area contributed by atoms with Crippen LogP contribution in [0.2, 0.25) is 0 Å². The Hall–Kier alpha value is -1.71. The fourth-order valence-corrected chi connectivity index (χ4v) is 6.95. The van der Waals surface area contributed by atoms with Gasteiger partial charge >= 0.3 is 5.97 Å². The standard InChI is InChI=1S/C26H39BrN2O6/c1-5-8-15-34-25(33)19-20-23(31)29(13-9-10-14-30)22(26(20)16-18(27)21(19)35-26)24(32)28(12-7-3)17(4)11-6-2/h5,7,17-22,30H,1,3,6,8-16H2,2,4H3/t17?,18?,19-,20+,21-,22?,26?/m1/s1. The van der Waals surface area contributed by atoms with Gasteiger partial charge in [0.15, 0.2) is 0 Å². The highest BCUT2D eigenvalue weighted by molar-refractivity contribution is 9.09. The summed E-state index contributed by atoms with van der Waals surface area (Å²) in [4.78, 5) is 44.4. The molecule has 7 atom stereocenters. The molecule has 3 aliphatic rings. The summed E-state index contributed by atoms with van der Waals surface area (Å²) in [6.45, 7) is 12.4. The summed E-state index contributed by atoms with van der Waals surface area (Å²) in [5.41, 5.74) is -1.10. The number of rotatable bonds is 14. The molecule has 3 saturated heterocycles. The van der Waals surface area contributed by atoms with Gasteiger partial charge in [-0.25, -0.2) is 0 Å². The number of aliphatic hydroxyl groups is 1. The first-order chi connectivity index (χ1) is 16.8. The maximum absolute atomic E-state index is 14.2. The summed E-state index contributed by atoms with van der Waals surface area (Å²) >= 11 is 3.67. The van der Waals surface area contributed by atoms with E-state index in [-0.39, 0.29) is 35.9 Å². The minimum atomic E-state index is -1.10. The van der Waals surface area contributed by atoms with Crippen LogP contribution in [0.3, 0.4) is 0 Å². The van der Waals surface area contributed by atoms with Gasteiger partial charge < -0.3 is 24.4 Å². The number of carbonyl (C=O) groups excluding carboxylic acids is 3. The molecule has 0 aliphatic carbocycles. The zero-order valence-electron chi connectivity index (χ0n) is 20.9. The summed E-state index contributed by atoms with van der Waals surface area (Å²) < 4.78 is 12.0. The van der Waals surface area contributed by atoms with Crippen LogP contribution in [0.4, 0.5) is 0 Å². The van der Waals surface area contributed by atoms with Crippen molar-refractivity contribution >= 4 is 33.7 Å². The quantitative estimate of drug-likeness (QED) is 0.153. The monoisotopic (exact) mass is 554 g/mol. The second-order valence-corrected chi connectivity index (χ2v) is 11.0. The third-order valence-electron chi connectivity index (χ3n) is 7.52. The van der Waals surface area contributed by atoms with Crippen molar-refractivity contribution in [3.05, 3.63) is 25.3 Å². The average molecular weight is 556 g/mol. The first-order valence-electron chi connectivity index (χ1n) is 12.7. The molecule has 3 heterocycles. The molecule has 0 aromatic carbocycles. The van der Waals surface area contributed by atoms with E-state index >= 15 is 0 Å². The zero-order chi connectivity index (χ0) is 25.8. The Morgan fingerprint density at radius 3 is 2.74 bits per heavy atom. The average Bonchev–Trinajstić information content (AvgIpc) is 3.41. The highest BCUT2D eigenvalue weighted by Gasteiger charge is 2.77. The Morgan fingerprint density at radius 2 is 2.11 bits per heavy atom. The van der Waals surface area contributed by atoms with Gasteiger partial charge in [-0.05, 0) is 39.0 Å². The molecule has 0 aromatic heterocycles. The van der Waals surface area contributed by atoms with Crippen LogP contribution in [0, 0.1) is 11.8 Å². The molecule has 9 heteroatoms. The number of nitrogens with zero attached hydrogens (tertiary/aromatic N) is 2. The third kappa shape index (κ3) is 5.09. The van der Waals surface area contributed by atoms with Crippen molar-refractivity contribution in [3.63, 3.8) is 0 Å². The van der Waals surface area contributed by atoms with Gasteiger partial charge in [-0.2, -0.15) is 0 Å². The maximum Gasteiger partial charge on any atom is 0.312 e. The smallest absolute Gasteiger partial charge is 0.312 e. The Morgan fingerprint density at radius 1 is 1.37 bits per heavy atom. The number of hydrogen-bond donors (Lipinski definition) is 1. The molecule has 3 aliphatic heterocycles. The number of ether oxygens (including phenoxy) is 2. The molecule has 2 bridgehead atoms.